The lowest BCUT2D eigenvalue weighted by Crippen LogP contribution is -2.35. The van der Waals surface area contributed by atoms with Crippen molar-refractivity contribution in [2.45, 2.75) is 46.1 Å². The summed E-state index contributed by atoms with van der Waals surface area (Å²) in [7, 11) is 0. The van der Waals surface area contributed by atoms with Crippen LogP contribution in [0.1, 0.15) is 40.0 Å². The van der Waals surface area contributed by atoms with Crippen LogP contribution in [0.3, 0.4) is 0 Å². The topological polar surface area (TPSA) is 75.4 Å². The molecule has 90 valence electrons. The lowest BCUT2D eigenvalue weighted by atomic mass is 9.90. The van der Waals surface area contributed by atoms with Crippen molar-refractivity contribution in [3.05, 3.63) is 0 Å². The van der Waals surface area contributed by atoms with Gasteiger partial charge in [-0.1, -0.05) is 13.8 Å². The molecule has 0 heterocycles. The summed E-state index contributed by atoms with van der Waals surface area (Å²) < 4.78 is 0. The predicted molar refractivity (Wildman–Crippen MR) is 61.4 cm³/mol. The van der Waals surface area contributed by atoms with Gasteiger partial charge in [-0.05, 0) is 25.2 Å². The van der Waals surface area contributed by atoms with E-state index >= 15 is 0 Å². The summed E-state index contributed by atoms with van der Waals surface area (Å²) in [6.45, 7) is 6.70. The number of carbonyl (C=O) groups is 1. The van der Waals surface area contributed by atoms with Crippen molar-refractivity contribution in [2.75, 3.05) is 13.2 Å². The molecule has 15 heavy (non-hydrogen) atoms. The Labute approximate surface area is 92.2 Å². The molecule has 0 bridgehead atoms. The minimum atomic E-state index is -0.0429. The first-order valence-electron chi connectivity index (χ1n) is 5.50. The highest BCUT2D eigenvalue weighted by Gasteiger charge is 2.17. The number of aliphatic hydroxyl groups is 1. The minimum absolute atomic E-state index is 0.0401. The average Bonchev–Trinajstić information content (AvgIpc) is 2.11. The quantitative estimate of drug-likeness (QED) is 0.584. The minimum Gasteiger partial charge on any atom is -0.396 e. The summed E-state index contributed by atoms with van der Waals surface area (Å²) in [5.74, 6) is 0.0401. The van der Waals surface area contributed by atoms with Gasteiger partial charge in [0.2, 0.25) is 5.91 Å². The van der Waals surface area contributed by atoms with Gasteiger partial charge in [0, 0.05) is 25.6 Å². The SMILES string of the molecule is CC(N)CCC(=O)NCC(C)(C)CCO. The van der Waals surface area contributed by atoms with Crippen molar-refractivity contribution in [3.8, 4) is 0 Å². The van der Waals surface area contributed by atoms with E-state index in [4.69, 9.17) is 10.8 Å². The maximum absolute atomic E-state index is 11.4. The smallest absolute Gasteiger partial charge is 0.220 e. The van der Waals surface area contributed by atoms with E-state index in [1.54, 1.807) is 0 Å². The third-order valence-electron chi connectivity index (χ3n) is 2.38. The fourth-order valence-electron chi connectivity index (χ4n) is 1.18. The van der Waals surface area contributed by atoms with E-state index < -0.39 is 0 Å². The number of rotatable bonds is 7. The molecule has 0 fully saturated rings. The highest BCUT2D eigenvalue weighted by molar-refractivity contribution is 5.75. The zero-order valence-corrected chi connectivity index (χ0v) is 10.0. The molecule has 0 aromatic heterocycles. The summed E-state index contributed by atoms with van der Waals surface area (Å²) >= 11 is 0. The molecule has 0 aromatic carbocycles. The van der Waals surface area contributed by atoms with Crippen LogP contribution in [0, 0.1) is 5.41 Å². The molecule has 0 aliphatic heterocycles. The first-order valence-corrected chi connectivity index (χ1v) is 5.50. The Morgan fingerprint density at radius 3 is 2.60 bits per heavy atom. The molecular formula is C11H24N2O2. The van der Waals surface area contributed by atoms with Gasteiger partial charge in [0.25, 0.3) is 0 Å². The van der Waals surface area contributed by atoms with E-state index in [1.807, 2.05) is 20.8 Å². The Hall–Kier alpha value is -0.610. The van der Waals surface area contributed by atoms with Crippen LogP contribution in [-0.2, 0) is 4.79 Å². The molecular weight excluding hydrogens is 192 g/mol. The van der Waals surface area contributed by atoms with Crippen molar-refractivity contribution in [1.29, 1.82) is 0 Å². The van der Waals surface area contributed by atoms with Crippen molar-refractivity contribution in [3.63, 3.8) is 0 Å². The van der Waals surface area contributed by atoms with E-state index in [9.17, 15) is 4.79 Å². The van der Waals surface area contributed by atoms with Gasteiger partial charge in [-0.25, -0.2) is 0 Å². The third kappa shape index (κ3) is 8.39. The zero-order valence-electron chi connectivity index (χ0n) is 10.0. The van der Waals surface area contributed by atoms with Crippen LogP contribution in [0.4, 0.5) is 0 Å². The monoisotopic (exact) mass is 216 g/mol. The van der Waals surface area contributed by atoms with Crippen molar-refractivity contribution >= 4 is 5.91 Å². The number of aliphatic hydroxyl groups excluding tert-OH is 1. The lowest BCUT2D eigenvalue weighted by Gasteiger charge is -2.23. The summed E-state index contributed by atoms with van der Waals surface area (Å²) in [5.41, 5.74) is 5.51. The second kappa shape index (κ2) is 6.80. The maximum Gasteiger partial charge on any atom is 0.220 e. The Morgan fingerprint density at radius 1 is 1.53 bits per heavy atom. The molecule has 4 N–H and O–H groups in total. The van der Waals surface area contributed by atoms with Crippen LogP contribution in [-0.4, -0.2) is 30.2 Å². The number of nitrogens with one attached hydrogen (secondary N) is 1. The van der Waals surface area contributed by atoms with E-state index in [0.717, 1.165) is 0 Å². The molecule has 1 unspecified atom stereocenters. The number of carbonyl (C=O) groups excluding carboxylic acids is 1. The van der Waals surface area contributed by atoms with Gasteiger partial charge in [0.1, 0.15) is 0 Å². The van der Waals surface area contributed by atoms with Crippen molar-refractivity contribution in [2.24, 2.45) is 11.1 Å². The molecule has 1 atom stereocenters. The van der Waals surface area contributed by atoms with Crippen molar-refractivity contribution in [1.82, 2.24) is 5.32 Å². The van der Waals surface area contributed by atoms with Gasteiger partial charge < -0.3 is 16.2 Å². The van der Waals surface area contributed by atoms with Crippen LogP contribution in [0.5, 0.6) is 0 Å². The standard InChI is InChI=1S/C11H24N2O2/c1-9(12)4-5-10(15)13-8-11(2,3)6-7-14/h9,14H,4-8,12H2,1-3H3,(H,13,15). The van der Waals surface area contributed by atoms with Gasteiger partial charge >= 0.3 is 0 Å². The number of hydrogen-bond acceptors (Lipinski definition) is 3. The molecule has 0 saturated carbocycles. The molecule has 4 heteroatoms. The summed E-state index contributed by atoms with van der Waals surface area (Å²) in [6.07, 6.45) is 1.89. The van der Waals surface area contributed by atoms with Gasteiger partial charge in [-0.15, -0.1) is 0 Å². The summed E-state index contributed by atoms with van der Waals surface area (Å²) in [5, 5.41) is 11.7. The van der Waals surface area contributed by atoms with Gasteiger partial charge in [-0.2, -0.15) is 0 Å². The zero-order chi connectivity index (χ0) is 11.9. The average molecular weight is 216 g/mol. The first-order chi connectivity index (χ1) is 6.87. The van der Waals surface area contributed by atoms with E-state index in [2.05, 4.69) is 5.32 Å². The number of hydrogen-bond donors (Lipinski definition) is 3. The molecule has 4 nitrogen and oxygen atoms in total. The summed E-state index contributed by atoms with van der Waals surface area (Å²) in [4.78, 5) is 11.4. The molecule has 0 aromatic rings. The molecule has 0 rings (SSSR count). The molecule has 0 radical (unpaired) electrons. The van der Waals surface area contributed by atoms with Crippen molar-refractivity contribution < 1.29 is 9.90 Å². The maximum atomic E-state index is 11.4. The predicted octanol–water partition coefficient (Wildman–Crippen LogP) is 0.639. The Morgan fingerprint density at radius 2 is 2.13 bits per heavy atom. The van der Waals surface area contributed by atoms with Crippen LogP contribution in [0.25, 0.3) is 0 Å². The normalized spacial score (nSPS) is 13.7. The molecule has 0 saturated heterocycles. The largest absolute Gasteiger partial charge is 0.396 e. The van der Waals surface area contributed by atoms with Gasteiger partial charge in [0.15, 0.2) is 0 Å². The van der Waals surface area contributed by atoms with Crippen LogP contribution < -0.4 is 11.1 Å². The van der Waals surface area contributed by atoms with E-state index in [0.29, 0.717) is 25.8 Å². The fourth-order valence-corrected chi connectivity index (χ4v) is 1.18. The van der Waals surface area contributed by atoms with Crippen LogP contribution >= 0.6 is 0 Å². The molecule has 0 aliphatic rings. The molecule has 0 spiro atoms. The van der Waals surface area contributed by atoms with E-state index in [-0.39, 0.29) is 24.0 Å². The number of amides is 1. The van der Waals surface area contributed by atoms with Gasteiger partial charge in [0.05, 0.1) is 0 Å². The van der Waals surface area contributed by atoms with Gasteiger partial charge in [-0.3, -0.25) is 4.79 Å². The second-order valence-corrected chi connectivity index (χ2v) is 4.93. The Kier molecular flexibility index (Phi) is 6.52. The highest BCUT2D eigenvalue weighted by atomic mass is 16.3. The van der Waals surface area contributed by atoms with E-state index in [1.165, 1.54) is 0 Å². The Balaban J connectivity index is 3.70. The van der Waals surface area contributed by atoms with Crippen LogP contribution in [0.15, 0.2) is 0 Å². The fraction of sp³-hybridized carbons (Fsp3) is 0.909. The first kappa shape index (κ1) is 14.4. The third-order valence-corrected chi connectivity index (χ3v) is 2.38. The van der Waals surface area contributed by atoms with Crippen LogP contribution in [0.2, 0.25) is 0 Å². The number of nitrogens with two attached hydrogens (primary N) is 1. The molecule has 1 amide bonds. The highest BCUT2D eigenvalue weighted by Crippen LogP contribution is 2.17. The Bertz CT molecular complexity index is 191. The molecule has 0 aliphatic carbocycles. The second-order valence-electron chi connectivity index (χ2n) is 4.93. The lowest BCUT2D eigenvalue weighted by molar-refractivity contribution is -0.121. The summed E-state index contributed by atoms with van der Waals surface area (Å²) in [6, 6.07) is 0.0706.